The van der Waals surface area contributed by atoms with Crippen molar-refractivity contribution in [1.29, 1.82) is 0 Å². The van der Waals surface area contributed by atoms with Gasteiger partial charge in [0, 0.05) is 5.69 Å². The highest BCUT2D eigenvalue weighted by molar-refractivity contribution is 6.31. The van der Waals surface area contributed by atoms with E-state index in [1.54, 1.807) is 0 Å². The summed E-state index contributed by atoms with van der Waals surface area (Å²) in [6.07, 6.45) is -6.53. The normalized spacial score (nSPS) is 21.2. The number of halogens is 6. The lowest BCUT2D eigenvalue weighted by atomic mass is 10.1. The van der Waals surface area contributed by atoms with Crippen LogP contribution in [0.3, 0.4) is 0 Å². The fourth-order valence-electron chi connectivity index (χ4n) is 1.85. The molecule has 1 fully saturated rings. The molecule has 9 heteroatoms. The maximum Gasteiger partial charge on any atom is 0.417 e. The summed E-state index contributed by atoms with van der Waals surface area (Å²) in [7, 11) is 0. The van der Waals surface area contributed by atoms with E-state index in [0.717, 1.165) is 12.1 Å². The lowest BCUT2D eigenvalue weighted by molar-refractivity contribution is -0.158. The summed E-state index contributed by atoms with van der Waals surface area (Å²) in [4.78, 5) is 10.8. The fourth-order valence-corrected chi connectivity index (χ4v) is 2.07. The minimum absolute atomic E-state index is 0.0398. The van der Waals surface area contributed by atoms with Crippen molar-refractivity contribution in [1.82, 2.24) is 0 Å². The number of esters is 1. The van der Waals surface area contributed by atoms with Crippen molar-refractivity contribution in [2.24, 2.45) is 0 Å². The van der Waals surface area contributed by atoms with E-state index in [1.165, 1.54) is 6.07 Å². The van der Waals surface area contributed by atoms with Crippen molar-refractivity contribution in [3.8, 4) is 0 Å². The second-order valence-electron chi connectivity index (χ2n) is 4.51. The molecule has 1 aromatic rings. The van der Waals surface area contributed by atoms with Crippen molar-refractivity contribution < 1.29 is 31.5 Å². The highest BCUT2D eigenvalue weighted by Gasteiger charge is 2.50. The van der Waals surface area contributed by atoms with E-state index in [0.29, 0.717) is 0 Å². The van der Waals surface area contributed by atoms with Crippen LogP contribution in [-0.2, 0) is 15.7 Å². The van der Waals surface area contributed by atoms with Gasteiger partial charge in [-0.3, -0.25) is 0 Å². The molecule has 1 aliphatic rings. The van der Waals surface area contributed by atoms with Gasteiger partial charge in [0.05, 0.1) is 23.6 Å². The number of cyclic esters (lactones) is 1. The van der Waals surface area contributed by atoms with E-state index in [-0.39, 0.29) is 12.2 Å². The van der Waals surface area contributed by atoms with Crippen LogP contribution in [0.25, 0.3) is 0 Å². The first-order chi connectivity index (χ1) is 9.59. The molecule has 0 amide bonds. The van der Waals surface area contributed by atoms with Gasteiger partial charge in [0.15, 0.2) is 0 Å². The minimum Gasteiger partial charge on any atom is -0.456 e. The Labute approximate surface area is 121 Å². The Kier molecular flexibility index (Phi) is 4.01. The van der Waals surface area contributed by atoms with Gasteiger partial charge >= 0.3 is 18.1 Å². The molecule has 1 heterocycles. The van der Waals surface area contributed by atoms with Gasteiger partial charge in [0.2, 0.25) is 0 Å². The van der Waals surface area contributed by atoms with Gasteiger partial charge in [-0.25, -0.2) is 4.79 Å². The molecule has 21 heavy (non-hydrogen) atoms. The molecule has 116 valence electrons. The molecule has 1 aromatic carbocycles. The second kappa shape index (κ2) is 5.32. The number of hydrogen-bond donors (Lipinski definition) is 1. The van der Waals surface area contributed by atoms with Crippen molar-refractivity contribution in [3.63, 3.8) is 0 Å². The number of nitrogens with one attached hydrogen (secondary N) is 1. The van der Waals surface area contributed by atoms with Crippen molar-refractivity contribution >= 4 is 23.3 Å². The van der Waals surface area contributed by atoms with Crippen LogP contribution in [0.5, 0.6) is 0 Å². The second-order valence-corrected chi connectivity index (χ2v) is 4.92. The maximum absolute atomic E-state index is 12.9. The molecule has 0 bridgehead atoms. The van der Waals surface area contributed by atoms with Crippen LogP contribution in [0.1, 0.15) is 12.0 Å². The highest BCUT2D eigenvalue weighted by atomic mass is 35.5. The molecule has 1 saturated heterocycles. The minimum atomic E-state index is -4.62. The Morgan fingerprint density at radius 3 is 2.57 bits per heavy atom. The van der Waals surface area contributed by atoms with E-state index in [1.807, 2.05) is 0 Å². The third-order valence-electron chi connectivity index (χ3n) is 2.86. The van der Waals surface area contributed by atoms with Crippen molar-refractivity contribution in [3.05, 3.63) is 28.8 Å². The summed E-state index contributed by atoms with van der Waals surface area (Å²) in [6.45, 7) is -0.222. The number of benzene rings is 1. The molecule has 1 atom stereocenters. The average molecular weight is 330 g/mol. The third kappa shape index (κ3) is 3.55. The lowest BCUT2D eigenvalue weighted by Gasteiger charge is -2.14. The van der Waals surface area contributed by atoms with Gasteiger partial charge in [-0.1, -0.05) is 11.6 Å². The molecule has 1 aliphatic heterocycles. The van der Waals surface area contributed by atoms with Gasteiger partial charge in [-0.15, -0.1) is 0 Å². The first kappa shape index (κ1) is 15.8. The molecule has 2 rings (SSSR count). The molecule has 0 aromatic heterocycles. The predicted octanol–water partition coefficient (Wildman–Crippen LogP) is 3.72. The molecule has 0 radical (unpaired) electrons. The fraction of sp³-hybridized carbons (Fsp3) is 0.417. The molecule has 0 saturated carbocycles. The number of rotatable bonds is 3. The van der Waals surface area contributed by atoms with Crippen LogP contribution in [0, 0.1) is 0 Å². The van der Waals surface area contributed by atoms with Crippen LogP contribution in [-0.4, -0.2) is 24.5 Å². The van der Waals surface area contributed by atoms with Crippen LogP contribution in [0.4, 0.5) is 27.6 Å². The van der Waals surface area contributed by atoms with Crippen LogP contribution >= 0.6 is 11.6 Å². The summed E-state index contributed by atoms with van der Waals surface area (Å²) in [5, 5.41) is 2.05. The van der Waals surface area contributed by atoms with Crippen LogP contribution in [0.2, 0.25) is 5.02 Å². The van der Waals surface area contributed by atoms with E-state index in [4.69, 9.17) is 11.6 Å². The van der Waals surface area contributed by atoms with Gasteiger partial charge < -0.3 is 10.1 Å². The maximum atomic E-state index is 12.9. The molecule has 0 aliphatic carbocycles. The zero-order valence-electron chi connectivity index (χ0n) is 10.3. The van der Waals surface area contributed by atoms with E-state index in [9.17, 15) is 26.7 Å². The van der Waals surface area contributed by atoms with Gasteiger partial charge in [-0.05, 0) is 18.2 Å². The number of alkyl halides is 5. The quantitative estimate of drug-likeness (QED) is 0.678. The monoisotopic (exact) mass is 329 g/mol. The number of carbonyl (C=O) groups is 1. The Morgan fingerprint density at radius 2 is 2.05 bits per heavy atom. The SMILES string of the molecule is O=C1OC(CNc2ccc(Cl)c(C(F)(F)F)c2)CC1(F)F. The van der Waals surface area contributed by atoms with E-state index >= 15 is 0 Å². The van der Waals surface area contributed by atoms with Crippen LogP contribution < -0.4 is 5.32 Å². The number of hydrogen-bond acceptors (Lipinski definition) is 3. The predicted molar refractivity (Wildman–Crippen MR) is 64.4 cm³/mol. The van der Waals surface area contributed by atoms with Gasteiger partial charge in [-0.2, -0.15) is 22.0 Å². The lowest BCUT2D eigenvalue weighted by Crippen LogP contribution is -2.22. The Morgan fingerprint density at radius 1 is 1.38 bits per heavy atom. The summed E-state index contributed by atoms with van der Waals surface area (Å²) >= 11 is 5.45. The molecule has 3 nitrogen and oxygen atoms in total. The van der Waals surface area contributed by atoms with E-state index < -0.39 is 41.2 Å². The smallest absolute Gasteiger partial charge is 0.417 e. The van der Waals surface area contributed by atoms with Crippen LogP contribution in [0.15, 0.2) is 18.2 Å². The highest BCUT2D eigenvalue weighted by Crippen LogP contribution is 2.36. The molecular formula is C12H9ClF5NO2. The van der Waals surface area contributed by atoms with Gasteiger partial charge in [0.25, 0.3) is 0 Å². The van der Waals surface area contributed by atoms with Crippen molar-refractivity contribution in [2.75, 3.05) is 11.9 Å². The topological polar surface area (TPSA) is 38.3 Å². The number of ether oxygens (including phenoxy) is 1. The standard InChI is InChI=1S/C12H9ClF5NO2/c13-9-2-1-6(3-8(9)12(16,17)18)19-5-7-4-11(14,15)10(20)21-7/h1-3,7,19H,4-5H2. The van der Waals surface area contributed by atoms with E-state index in [2.05, 4.69) is 10.1 Å². The third-order valence-corrected chi connectivity index (χ3v) is 3.19. The summed E-state index contributed by atoms with van der Waals surface area (Å²) in [5.41, 5.74) is -0.999. The largest absolute Gasteiger partial charge is 0.456 e. The van der Waals surface area contributed by atoms with Crippen molar-refractivity contribution in [2.45, 2.75) is 24.6 Å². The Hall–Kier alpha value is -1.57. The van der Waals surface area contributed by atoms with Gasteiger partial charge in [0.1, 0.15) is 6.10 Å². The number of anilines is 1. The zero-order chi connectivity index (χ0) is 15.8. The molecular weight excluding hydrogens is 321 g/mol. The summed E-state index contributed by atoms with van der Waals surface area (Å²) in [6, 6.07) is 3.08. The Balaban J connectivity index is 2.04. The first-order valence-electron chi connectivity index (χ1n) is 5.79. The molecule has 0 spiro atoms. The molecule has 1 unspecified atom stereocenters. The summed E-state index contributed by atoms with van der Waals surface area (Å²) in [5.74, 6) is -5.18. The first-order valence-corrected chi connectivity index (χ1v) is 6.17. The summed E-state index contributed by atoms with van der Waals surface area (Å²) < 4.78 is 68.2. The Bertz CT molecular complexity index is 561. The number of carbonyl (C=O) groups excluding carboxylic acids is 1. The average Bonchev–Trinajstić information content (AvgIpc) is 2.60. The zero-order valence-corrected chi connectivity index (χ0v) is 11.1. The molecule has 1 N–H and O–H groups in total.